The zero-order valence-corrected chi connectivity index (χ0v) is 14.4. The van der Waals surface area contributed by atoms with Gasteiger partial charge in [-0.3, -0.25) is 4.79 Å². The van der Waals surface area contributed by atoms with Crippen LogP contribution in [0.2, 0.25) is 0 Å². The summed E-state index contributed by atoms with van der Waals surface area (Å²) in [7, 11) is 0. The largest absolute Gasteiger partial charge is 0.493 e. The average Bonchev–Trinajstić information content (AvgIpc) is 3.05. The van der Waals surface area contributed by atoms with Crippen LogP contribution in [0.1, 0.15) is 31.2 Å². The Hall–Kier alpha value is -3.01. The molecular formula is C21H21NO3. The van der Waals surface area contributed by atoms with Gasteiger partial charge in [-0.05, 0) is 38.1 Å². The fourth-order valence-corrected chi connectivity index (χ4v) is 2.62. The highest BCUT2D eigenvalue weighted by Gasteiger charge is 2.12. The zero-order valence-electron chi connectivity index (χ0n) is 14.4. The molecule has 0 saturated carbocycles. The third-order valence-electron chi connectivity index (χ3n) is 3.86. The molecule has 0 bridgehead atoms. The molecule has 4 heteroatoms. The van der Waals surface area contributed by atoms with Crippen LogP contribution in [-0.2, 0) is 4.79 Å². The number of furan rings is 1. The van der Waals surface area contributed by atoms with Crippen LogP contribution in [0.3, 0.4) is 0 Å². The molecule has 3 rings (SSSR count). The van der Waals surface area contributed by atoms with Gasteiger partial charge in [-0.2, -0.15) is 0 Å². The molecule has 4 nitrogen and oxygen atoms in total. The SMILES string of the molecule is CCOc1ccccc1/C=C/C(=O)N[C@@H](C)c1cc2ccccc2o1. The van der Waals surface area contributed by atoms with Crippen LogP contribution in [0.15, 0.2) is 65.1 Å². The molecule has 1 atom stereocenters. The molecule has 0 aliphatic rings. The Bertz CT molecular complexity index is 862. The van der Waals surface area contributed by atoms with Crippen molar-refractivity contribution in [2.45, 2.75) is 19.9 Å². The van der Waals surface area contributed by atoms with Gasteiger partial charge in [-0.25, -0.2) is 0 Å². The lowest BCUT2D eigenvalue weighted by atomic mass is 10.2. The van der Waals surface area contributed by atoms with Gasteiger partial charge in [0.15, 0.2) is 0 Å². The second-order valence-electron chi connectivity index (χ2n) is 5.72. The topological polar surface area (TPSA) is 51.5 Å². The average molecular weight is 335 g/mol. The van der Waals surface area contributed by atoms with Crippen molar-refractivity contribution in [3.63, 3.8) is 0 Å². The van der Waals surface area contributed by atoms with E-state index in [0.29, 0.717) is 6.61 Å². The number of ether oxygens (including phenoxy) is 1. The van der Waals surface area contributed by atoms with E-state index >= 15 is 0 Å². The van der Waals surface area contributed by atoms with Crippen molar-refractivity contribution >= 4 is 23.0 Å². The lowest BCUT2D eigenvalue weighted by molar-refractivity contribution is -0.117. The van der Waals surface area contributed by atoms with E-state index in [4.69, 9.17) is 9.15 Å². The molecule has 0 aliphatic heterocycles. The Morgan fingerprint density at radius 1 is 1.20 bits per heavy atom. The molecule has 1 amide bonds. The highest BCUT2D eigenvalue weighted by atomic mass is 16.5. The van der Waals surface area contributed by atoms with E-state index in [1.54, 1.807) is 6.08 Å². The highest BCUT2D eigenvalue weighted by Crippen LogP contribution is 2.23. The van der Waals surface area contributed by atoms with Crippen LogP contribution in [0.5, 0.6) is 5.75 Å². The molecule has 2 aromatic carbocycles. The molecule has 3 aromatic rings. The quantitative estimate of drug-likeness (QED) is 0.663. The smallest absolute Gasteiger partial charge is 0.244 e. The van der Waals surface area contributed by atoms with E-state index in [9.17, 15) is 4.79 Å². The van der Waals surface area contributed by atoms with Gasteiger partial charge >= 0.3 is 0 Å². The van der Waals surface area contributed by atoms with E-state index in [1.807, 2.05) is 68.4 Å². The summed E-state index contributed by atoms with van der Waals surface area (Å²) in [6.45, 7) is 4.42. The number of amides is 1. The van der Waals surface area contributed by atoms with Crippen molar-refractivity contribution in [1.29, 1.82) is 0 Å². The molecule has 1 aromatic heterocycles. The maximum absolute atomic E-state index is 12.2. The number of benzene rings is 2. The molecule has 0 spiro atoms. The Kier molecular flexibility index (Phi) is 5.19. The van der Waals surface area contributed by atoms with Crippen molar-refractivity contribution in [1.82, 2.24) is 5.32 Å². The first-order chi connectivity index (χ1) is 12.2. The first kappa shape index (κ1) is 16.8. The molecular weight excluding hydrogens is 314 g/mol. The van der Waals surface area contributed by atoms with Gasteiger partial charge < -0.3 is 14.5 Å². The molecule has 0 fully saturated rings. The maximum Gasteiger partial charge on any atom is 0.244 e. The second kappa shape index (κ2) is 7.71. The van der Waals surface area contributed by atoms with Gasteiger partial charge in [-0.1, -0.05) is 36.4 Å². The number of nitrogens with one attached hydrogen (secondary N) is 1. The third kappa shape index (κ3) is 4.10. The summed E-state index contributed by atoms with van der Waals surface area (Å²) in [6.07, 6.45) is 3.27. The van der Waals surface area contributed by atoms with E-state index in [1.165, 1.54) is 6.08 Å². The van der Waals surface area contributed by atoms with Crippen LogP contribution in [-0.4, -0.2) is 12.5 Å². The van der Waals surface area contributed by atoms with Crippen LogP contribution in [0, 0.1) is 0 Å². The minimum atomic E-state index is -0.216. The molecule has 25 heavy (non-hydrogen) atoms. The summed E-state index contributed by atoms with van der Waals surface area (Å²) in [5, 5.41) is 3.95. The van der Waals surface area contributed by atoms with Crippen LogP contribution in [0.25, 0.3) is 17.0 Å². The first-order valence-corrected chi connectivity index (χ1v) is 8.36. The van der Waals surface area contributed by atoms with E-state index in [-0.39, 0.29) is 11.9 Å². The number of para-hydroxylation sites is 2. The number of rotatable bonds is 6. The second-order valence-corrected chi connectivity index (χ2v) is 5.72. The summed E-state index contributed by atoms with van der Waals surface area (Å²) >= 11 is 0. The molecule has 0 radical (unpaired) electrons. The lowest BCUT2D eigenvalue weighted by Crippen LogP contribution is -2.24. The Morgan fingerprint density at radius 3 is 2.76 bits per heavy atom. The van der Waals surface area contributed by atoms with Gasteiger partial charge in [0.25, 0.3) is 0 Å². The van der Waals surface area contributed by atoms with Crippen molar-refractivity contribution in [2.24, 2.45) is 0 Å². The van der Waals surface area contributed by atoms with Crippen LogP contribution >= 0.6 is 0 Å². The zero-order chi connectivity index (χ0) is 17.6. The molecule has 0 saturated heterocycles. The first-order valence-electron chi connectivity index (χ1n) is 8.36. The minimum absolute atomic E-state index is 0.181. The third-order valence-corrected chi connectivity index (χ3v) is 3.86. The Morgan fingerprint density at radius 2 is 1.96 bits per heavy atom. The van der Waals surface area contributed by atoms with Gasteiger partial charge in [-0.15, -0.1) is 0 Å². The lowest BCUT2D eigenvalue weighted by Gasteiger charge is -2.09. The summed E-state index contributed by atoms with van der Waals surface area (Å²) in [5.41, 5.74) is 1.69. The van der Waals surface area contributed by atoms with E-state index in [2.05, 4.69) is 5.32 Å². The number of hydrogen-bond acceptors (Lipinski definition) is 3. The van der Waals surface area contributed by atoms with Crippen molar-refractivity contribution < 1.29 is 13.9 Å². The fraction of sp³-hybridized carbons (Fsp3) is 0.190. The van der Waals surface area contributed by atoms with E-state index in [0.717, 1.165) is 28.0 Å². The Balaban J connectivity index is 1.67. The van der Waals surface area contributed by atoms with Crippen molar-refractivity contribution in [3.8, 4) is 5.75 Å². The highest BCUT2D eigenvalue weighted by molar-refractivity contribution is 5.92. The summed E-state index contributed by atoms with van der Waals surface area (Å²) < 4.78 is 11.3. The predicted molar refractivity (Wildman–Crippen MR) is 99.4 cm³/mol. The normalized spacial score (nSPS) is 12.4. The van der Waals surface area contributed by atoms with E-state index < -0.39 is 0 Å². The molecule has 1 heterocycles. The van der Waals surface area contributed by atoms with Crippen LogP contribution in [0.4, 0.5) is 0 Å². The monoisotopic (exact) mass is 335 g/mol. The molecule has 1 N–H and O–H groups in total. The van der Waals surface area contributed by atoms with Gasteiger partial charge in [0.1, 0.15) is 17.1 Å². The number of fused-ring (bicyclic) bond motifs is 1. The van der Waals surface area contributed by atoms with Gasteiger partial charge in [0.2, 0.25) is 5.91 Å². The fourth-order valence-electron chi connectivity index (χ4n) is 2.62. The van der Waals surface area contributed by atoms with Crippen LogP contribution < -0.4 is 10.1 Å². The van der Waals surface area contributed by atoms with Gasteiger partial charge in [0, 0.05) is 17.0 Å². The molecule has 128 valence electrons. The standard InChI is InChI=1S/C21H21NO3/c1-3-24-18-10-6-4-8-16(18)12-13-21(23)22-15(2)20-14-17-9-5-7-11-19(17)25-20/h4-15H,3H2,1-2H3,(H,22,23)/b13-12+/t15-/m0/s1. The Labute approximate surface area is 147 Å². The summed E-state index contributed by atoms with van der Waals surface area (Å²) in [6, 6.07) is 17.2. The van der Waals surface area contributed by atoms with Crippen molar-refractivity contribution in [2.75, 3.05) is 6.61 Å². The number of carbonyl (C=O) groups is 1. The number of hydrogen-bond donors (Lipinski definition) is 1. The predicted octanol–water partition coefficient (Wildman–Crippen LogP) is 4.72. The molecule has 0 aliphatic carbocycles. The number of carbonyl (C=O) groups excluding carboxylic acids is 1. The minimum Gasteiger partial charge on any atom is -0.493 e. The molecule has 0 unspecified atom stereocenters. The summed E-state index contributed by atoms with van der Waals surface area (Å²) in [5.74, 6) is 1.32. The summed E-state index contributed by atoms with van der Waals surface area (Å²) in [4.78, 5) is 12.2. The van der Waals surface area contributed by atoms with Gasteiger partial charge in [0.05, 0.1) is 12.6 Å². The van der Waals surface area contributed by atoms with Crippen molar-refractivity contribution in [3.05, 3.63) is 72.0 Å². The maximum atomic E-state index is 12.2.